The quantitative estimate of drug-likeness (QED) is 0.844. The third-order valence-corrected chi connectivity index (χ3v) is 3.16. The summed E-state index contributed by atoms with van der Waals surface area (Å²) in [6.07, 6.45) is 0.366. The van der Waals surface area contributed by atoms with Crippen molar-refractivity contribution in [3.8, 4) is 0 Å². The standard InChI is InChI=1S/C14H18ClNO3/c1-4-19-14(18)13(16-10(3)17)8-11-6-5-7-12(15)9(11)2/h5-7,13H,4,8H2,1-3H3,(H,16,17). The van der Waals surface area contributed by atoms with Gasteiger partial charge < -0.3 is 10.1 Å². The van der Waals surface area contributed by atoms with Crippen LogP contribution in [0.15, 0.2) is 18.2 Å². The molecule has 0 saturated carbocycles. The third kappa shape index (κ3) is 4.56. The molecule has 0 aliphatic carbocycles. The highest BCUT2D eigenvalue weighted by atomic mass is 35.5. The van der Waals surface area contributed by atoms with E-state index in [1.165, 1.54) is 6.92 Å². The molecule has 0 aliphatic rings. The van der Waals surface area contributed by atoms with Crippen LogP contribution in [-0.2, 0) is 20.7 Å². The number of nitrogens with one attached hydrogen (secondary N) is 1. The highest BCUT2D eigenvalue weighted by molar-refractivity contribution is 6.31. The Hall–Kier alpha value is -1.55. The minimum absolute atomic E-state index is 0.266. The summed E-state index contributed by atoms with van der Waals surface area (Å²) < 4.78 is 4.96. The zero-order valence-corrected chi connectivity index (χ0v) is 12.1. The van der Waals surface area contributed by atoms with Crippen LogP contribution < -0.4 is 5.32 Å². The molecule has 0 heterocycles. The van der Waals surface area contributed by atoms with Crippen LogP contribution in [0.25, 0.3) is 0 Å². The number of carbonyl (C=O) groups excluding carboxylic acids is 2. The van der Waals surface area contributed by atoms with Crippen molar-refractivity contribution < 1.29 is 14.3 Å². The van der Waals surface area contributed by atoms with E-state index in [1.807, 2.05) is 19.1 Å². The van der Waals surface area contributed by atoms with E-state index < -0.39 is 12.0 Å². The molecule has 1 aromatic rings. The zero-order valence-electron chi connectivity index (χ0n) is 11.3. The molecule has 1 unspecified atom stereocenters. The van der Waals surface area contributed by atoms with Gasteiger partial charge in [0.05, 0.1) is 6.61 Å². The van der Waals surface area contributed by atoms with Crippen molar-refractivity contribution >= 4 is 23.5 Å². The van der Waals surface area contributed by atoms with Crippen LogP contribution in [0.2, 0.25) is 5.02 Å². The number of esters is 1. The fraction of sp³-hybridized carbons (Fsp3) is 0.429. The molecule has 1 rings (SSSR count). The Morgan fingerprint density at radius 2 is 2.11 bits per heavy atom. The van der Waals surface area contributed by atoms with E-state index in [2.05, 4.69) is 5.32 Å². The highest BCUT2D eigenvalue weighted by Gasteiger charge is 2.22. The first-order valence-electron chi connectivity index (χ1n) is 6.13. The molecule has 0 aromatic heterocycles. The number of rotatable bonds is 5. The van der Waals surface area contributed by atoms with E-state index in [1.54, 1.807) is 13.0 Å². The van der Waals surface area contributed by atoms with E-state index in [0.717, 1.165) is 11.1 Å². The molecule has 0 bridgehead atoms. The Morgan fingerprint density at radius 3 is 2.68 bits per heavy atom. The molecule has 4 nitrogen and oxygen atoms in total. The van der Waals surface area contributed by atoms with Crippen molar-refractivity contribution in [2.75, 3.05) is 6.61 Å². The van der Waals surface area contributed by atoms with Crippen LogP contribution in [0.4, 0.5) is 0 Å². The summed E-state index contributed by atoms with van der Waals surface area (Å²) in [5.74, 6) is -0.699. The molecule has 1 amide bonds. The summed E-state index contributed by atoms with van der Waals surface area (Å²) in [5, 5.41) is 3.24. The number of carbonyl (C=O) groups is 2. The second kappa shape index (κ2) is 7.14. The lowest BCUT2D eigenvalue weighted by Gasteiger charge is -2.17. The predicted molar refractivity (Wildman–Crippen MR) is 74.1 cm³/mol. The van der Waals surface area contributed by atoms with Gasteiger partial charge in [-0.15, -0.1) is 0 Å². The molecular formula is C14H18ClNO3. The molecule has 5 heteroatoms. The summed E-state index contributed by atoms with van der Waals surface area (Å²) in [4.78, 5) is 23.0. The molecule has 1 N–H and O–H groups in total. The maximum Gasteiger partial charge on any atom is 0.328 e. The Kier molecular flexibility index (Phi) is 5.83. The maximum absolute atomic E-state index is 11.8. The number of hydrogen-bond donors (Lipinski definition) is 1. The van der Waals surface area contributed by atoms with Gasteiger partial charge in [-0.05, 0) is 31.0 Å². The molecule has 1 atom stereocenters. The van der Waals surface area contributed by atoms with Crippen LogP contribution in [0.1, 0.15) is 25.0 Å². The monoisotopic (exact) mass is 283 g/mol. The van der Waals surface area contributed by atoms with Crippen molar-refractivity contribution in [2.24, 2.45) is 0 Å². The minimum atomic E-state index is -0.686. The molecular weight excluding hydrogens is 266 g/mol. The van der Waals surface area contributed by atoms with Crippen LogP contribution >= 0.6 is 11.6 Å². The number of benzene rings is 1. The first-order valence-corrected chi connectivity index (χ1v) is 6.51. The van der Waals surface area contributed by atoms with Crippen LogP contribution in [0, 0.1) is 6.92 Å². The average Bonchev–Trinajstić information content (AvgIpc) is 2.33. The van der Waals surface area contributed by atoms with Crippen molar-refractivity contribution in [1.29, 1.82) is 0 Å². The maximum atomic E-state index is 11.8. The number of hydrogen-bond acceptors (Lipinski definition) is 3. The predicted octanol–water partition coefficient (Wildman–Crippen LogP) is 2.26. The van der Waals surface area contributed by atoms with Gasteiger partial charge in [0.25, 0.3) is 0 Å². The highest BCUT2D eigenvalue weighted by Crippen LogP contribution is 2.20. The first-order chi connectivity index (χ1) is 8.95. The second-order valence-electron chi connectivity index (χ2n) is 4.23. The molecule has 0 aliphatic heterocycles. The minimum Gasteiger partial charge on any atom is -0.464 e. The summed E-state index contributed by atoms with van der Waals surface area (Å²) in [6.45, 7) is 5.27. The number of amides is 1. The van der Waals surface area contributed by atoms with Gasteiger partial charge in [0.2, 0.25) is 5.91 Å². The Morgan fingerprint density at radius 1 is 1.42 bits per heavy atom. The number of halogens is 1. The molecule has 0 spiro atoms. The SMILES string of the molecule is CCOC(=O)C(Cc1cccc(Cl)c1C)NC(C)=O. The summed E-state index contributed by atoms with van der Waals surface area (Å²) in [6, 6.07) is 4.81. The van der Waals surface area contributed by atoms with Crippen molar-refractivity contribution in [3.05, 3.63) is 34.3 Å². The van der Waals surface area contributed by atoms with Crippen molar-refractivity contribution in [1.82, 2.24) is 5.32 Å². The van der Waals surface area contributed by atoms with Crippen LogP contribution in [0.5, 0.6) is 0 Å². The fourth-order valence-corrected chi connectivity index (χ4v) is 1.97. The molecule has 0 saturated heterocycles. The van der Waals surface area contributed by atoms with Gasteiger partial charge >= 0.3 is 5.97 Å². The lowest BCUT2D eigenvalue weighted by molar-refractivity contribution is -0.147. The van der Waals surface area contributed by atoms with Crippen LogP contribution in [-0.4, -0.2) is 24.5 Å². The summed E-state index contributed by atoms with van der Waals surface area (Å²) in [7, 11) is 0. The van der Waals surface area contributed by atoms with Gasteiger partial charge in [-0.25, -0.2) is 4.79 Å². The van der Waals surface area contributed by atoms with E-state index in [0.29, 0.717) is 11.4 Å². The van der Waals surface area contributed by atoms with Gasteiger partial charge in [0, 0.05) is 18.4 Å². The Bertz CT molecular complexity index is 474. The van der Waals surface area contributed by atoms with Crippen molar-refractivity contribution in [2.45, 2.75) is 33.2 Å². The smallest absolute Gasteiger partial charge is 0.328 e. The van der Waals surface area contributed by atoms with Crippen LogP contribution in [0.3, 0.4) is 0 Å². The molecule has 1 aromatic carbocycles. The van der Waals surface area contributed by atoms with Gasteiger partial charge in [-0.3, -0.25) is 4.79 Å². The zero-order chi connectivity index (χ0) is 14.4. The van der Waals surface area contributed by atoms with E-state index in [4.69, 9.17) is 16.3 Å². The summed E-state index contributed by atoms with van der Waals surface area (Å²) >= 11 is 6.04. The van der Waals surface area contributed by atoms with Crippen molar-refractivity contribution in [3.63, 3.8) is 0 Å². The van der Waals surface area contributed by atoms with Gasteiger partial charge in [0.1, 0.15) is 6.04 Å². The van der Waals surface area contributed by atoms with E-state index in [9.17, 15) is 9.59 Å². The topological polar surface area (TPSA) is 55.4 Å². The lowest BCUT2D eigenvalue weighted by Crippen LogP contribution is -2.42. The Labute approximate surface area is 118 Å². The summed E-state index contributed by atoms with van der Waals surface area (Å²) in [5.41, 5.74) is 1.82. The molecule has 0 fully saturated rings. The third-order valence-electron chi connectivity index (χ3n) is 2.75. The molecule has 104 valence electrons. The van der Waals surface area contributed by atoms with Gasteiger partial charge in [-0.1, -0.05) is 23.7 Å². The van der Waals surface area contributed by atoms with E-state index in [-0.39, 0.29) is 12.5 Å². The second-order valence-corrected chi connectivity index (χ2v) is 4.64. The Balaban J connectivity index is 2.90. The fourth-order valence-electron chi connectivity index (χ4n) is 1.77. The van der Waals surface area contributed by atoms with E-state index >= 15 is 0 Å². The normalized spacial score (nSPS) is 11.8. The molecule has 0 radical (unpaired) electrons. The largest absolute Gasteiger partial charge is 0.464 e. The lowest BCUT2D eigenvalue weighted by atomic mass is 10.0. The average molecular weight is 284 g/mol. The first kappa shape index (κ1) is 15.5. The van der Waals surface area contributed by atoms with Gasteiger partial charge in [-0.2, -0.15) is 0 Å². The van der Waals surface area contributed by atoms with Gasteiger partial charge in [0.15, 0.2) is 0 Å². The molecule has 19 heavy (non-hydrogen) atoms. The number of ether oxygens (including phenoxy) is 1.